The van der Waals surface area contributed by atoms with Crippen LogP contribution in [-0.4, -0.2) is 36.6 Å². The summed E-state index contributed by atoms with van der Waals surface area (Å²) in [5, 5.41) is 2.81. The molecule has 1 N–H and O–H groups in total. The smallest absolute Gasteiger partial charge is 0.338 e. The predicted octanol–water partition coefficient (Wildman–Crippen LogP) is 3.50. The fraction of sp³-hybridized carbons (Fsp3) is 0.350. The Morgan fingerprint density at radius 3 is 2.54 bits per heavy atom. The van der Waals surface area contributed by atoms with Gasteiger partial charge in [-0.2, -0.15) is 0 Å². The number of hydrogen-bond acceptors (Lipinski definition) is 5. The van der Waals surface area contributed by atoms with Crippen molar-refractivity contribution >= 4 is 23.3 Å². The SMILES string of the molecule is CCOC(=O)c1ccc(NC(=O)c2cc(N3CCCCC3)ccn2)cc1. The van der Waals surface area contributed by atoms with Crippen molar-refractivity contribution in [2.45, 2.75) is 26.2 Å². The Kier molecular flexibility index (Phi) is 5.84. The van der Waals surface area contributed by atoms with E-state index in [2.05, 4.69) is 15.2 Å². The van der Waals surface area contributed by atoms with E-state index in [9.17, 15) is 9.59 Å². The number of anilines is 2. The van der Waals surface area contributed by atoms with Crippen molar-refractivity contribution in [2.24, 2.45) is 0 Å². The van der Waals surface area contributed by atoms with Crippen molar-refractivity contribution in [3.63, 3.8) is 0 Å². The van der Waals surface area contributed by atoms with Crippen molar-refractivity contribution in [1.82, 2.24) is 4.98 Å². The number of nitrogens with zero attached hydrogens (tertiary/aromatic N) is 2. The van der Waals surface area contributed by atoms with Crippen LogP contribution in [0.5, 0.6) is 0 Å². The highest BCUT2D eigenvalue weighted by Crippen LogP contribution is 2.20. The summed E-state index contributed by atoms with van der Waals surface area (Å²) < 4.78 is 4.95. The zero-order chi connectivity index (χ0) is 18.4. The third-order valence-electron chi connectivity index (χ3n) is 4.35. The van der Waals surface area contributed by atoms with Gasteiger partial charge in [0.15, 0.2) is 0 Å². The Bertz CT molecular complexity index is 768. The maximum absolute atomic E-state index is 12.5. The van der Waals surface area contributed by atoms with Crippen LogP contribution in [0.4, 0.5) is 11.4 Å². The third-order valence-corrected chi connectivity index (χ3v) is 4.35. The molecule has 1 fully saturated rings. The van der Waals surface area contributed by atoms with Crippen molar-refractivity contribution in [1.29, 1.82) is 0 Å². The molecule has 0 bridgehead atoms. The molecule has 6 heteroatoms. The van der Waals surface area contributed by atoms with Crippen LogP contribution >= 0.6 is 0 Å². The molecule has 1 aromatic heterocycles. The molecule has 1 aromatic carbocycles. The zero-order valence-corrected chi connectivity index (χ0v) is 14.9. The number of hydrogen-bond donors (Lipinski definition) is 1. The predicted molar refractivity (Wildman–Crippen MR) is 101 cm³/mol. The van der Waals surface area contributed by atoms with E-state index in [1.54, 1.807) is 37.4 Å². The molecular formula is C20H23N3O3. The lowest BCUT2D eigenvalue weighted by Gasteiger charge is -2.28. The van der Waals surface area contributed by atoms with Crippen molar-refractivity contribution < 1.29 is 14.3 Å². The van der Waals surface area contributed by atoms with Crippen LogP contribution in [-0.2, 0) is 4.74 Å². The maximum Gasteiger partial charge on any atom is 0.338 e. The number of esters is 1. The first-order valence-electron chi connectivity index (χ1n) is 8.97. The highest BCUT2D eigenvalue weighted by Gasteiger charge is 2.14. The monoisotopic (exact) mass is 353 g/mol. The van der Waals surface area contributed by atoms with E-state index in [4.69, 9.17) is 4.74 Å². The number of aromatic nitrogens is 1. The maximum atomic E-state index is 12.5. The number of pyridine rings is 1. The molecule has 1 saturated heterocycles. The van der Waals surface area contributed by atoms with E-state index in [1.807, 2.05) is 12.1 Å². The lowest BCUT2D eigenvalue weighted by atomic mass is 10.1. The standard InChI is InChI=1S/C20H23N3O3/c1-2-26-20(25)15-6-8-16(9-7-15)22-19(24)18-14-17(10-11-21-18)23-12-4-3-5-13-23/h6-11,14H,2-5,12-13H2,1H3,(H,22,24). The van der Waals surface area contributed by atoms with Gasteiger partial charge in [-0.15, -0.1) is 0 Å². The molecular weight excluding hydrogens is 330 g/mol. The second kappa shape index (κ2) is 8.47. The molecule has 6 nitrogen and oxygen atoms in total. The summed E-state index contributed by atoms with van der Waals surface area (Å²) in [6.45, 7) is 4.12. The van der Waals surface area contributed by atoms with E-state index in [-0.39, 0.29) is 11.9 Å². The van der Waals surface area contributed by atoms with Crippen molar-refractivity contribution in [3.05, 3.63) is 53.9 Å². The molecule has 3 rings (SSSR count). The molecule has 1 aliphatic rings. The Morgan fingerprint density at radius 1 is 1.12 bits per heavy atom. The van der Waals surface area contributed by atoms with Gasteiger partial charge in [0.05, 0.1) is 12.2 Å². The Hall–Kier alpha value is -2.89. The minimum atomic E-state index is -0.374. The molecule has 1 aliphatic heterocycles. The number of ether oxygens (including phenoxy) is 1. The Morgan fingerprint density at radius 2 is 1.85 bits per heavy atom. The van der Waals surface area contributed by atoms with Crippen molar-refractivity contribution in [2.75, 3.05) is 29.9 Å². The molecule has 1 amide bonds. The third kappa shape index (κ3) is 4.39. The van der Waals surface area contributed by atoms with Crippen molar-refractivity contribution in [3.8, 4) is 0 Å². The number of carbonyl (C=O) groups excluding carboxylic acids is 2. The molecule has 2 heterocycles. The lowest BCUT2D eigenvalue weighted by molar-refractivity contribution is 0.0526. The normalized spacial score (nSPS) is 14.0. The molecule has 0 aliphatic carbocycles. The minimum absolute atomic E-state index is 0.271. The van der Waals surface area contributed by atoms with Crippen LogP contribution in [0, 0.1) is 0 Å². The second-order valence-corrected chi connectivity index (χ2v) is 6.20. The van der Waals surface area contributed by atoms with Crippen LogP contribution in [0.1, 0.15) is 47.0 Å². The highest BCUT2D eigenvalue weighted by molar-refractivity contribution is 6.03. The Labute approximate surface area is 153 Å². The van der Waals surface area contributed by atoms with Crippen LogP contribution in [0.2, 0.25) is 0 Å². The van der Waals surface area contributed by atoms with E-state index >= 15 is 0 Å². The molecule has 26 heavy (non-hydrogen) atoms. The molecule has 2 aromatic rings. The number of nitrogens with one attached hydrogen (secondary N) is 1. The molecule has 0 atom stereocenters. The fourth-order valence-corrected chi connectivity index (χ4v) is 2.99. The largest absolute Gasteiger partial charge is 0.462 e. The van der Waals surface area contributed by atoms with Gasteiger partial charge >= 0.3 is 5.97 Å². The van der Waals surface area contributed by atoms with E-state index in [1.165, 1.54) is 19.3 Å². The summed E-state index contributed by atoms with van der Waals surface area (Å²) in [6, 6.07) is 10.4. The van der Waals surface area contributed by atoms with Gasteiger partial charge in [-0.3, -0.25) is 9.78 Å². The molecule has 0 saturated carbocycles. The highest BCUT2D eigenvalue weighted by atomic mass is 16.5. The second-order valence-electron chi connectivity index (χ2n) is 6.20. The van der Waals surface area contributed by atoms with Gasteiger partial charge in [0, 0.05) is 30.7 Å². The van der Waals surface area contributed by atoms with Gasteiger partial charge in [0.25, 0.3) is 5.91 Å². The molecule has 136 valence electrons. The number of rotatable bonds is 5. The summed E-state index contributed by atoms with van der Waals surface area (Å²) in [5.41, 5.74) is 2.47. The van der Waals surface area contributed by atoms with Gasteiger partial charge in [-0.25, -0.2) is 4.79 Å². The molecule has 0 radical (unpaired) electrons. The quantitative estimate of drug-likeness (QED) is 0.833. The number of piperidine rings is 1. The summed E-state index contributed by atoms with van der Waals surface area (Å²) in [4.78, 5) is 30.6. The van der Waals surface area contributed by atoms with E-state index in [0.717, 1.165) is 18.8 Å². The fourth-order valence-electron chi connectivity index (χ4n) is 2.99. The summed E-state index contributed by atoms with van der Waals surface area (Å²) >= 11 is 0. The van der Waals surface area contributed by atoms with Gasteiger partial charge in [-0.1, -0.05) is 0 Å². The van der Waals surface area contributed by atoms with Crippen LogP contribution in [0.15, 0.2) is 42.6 Å². The Balaban J connectivity index is 1.67. The van der Waals surface area contributed by atoms with Gasteiger partial charge in [0.1, 0.15) is 5.69 Å². The van der Waals surface area contributed by atoms with E-state index in [0.29, 0.717) is 23.6 Å². The van der Waals surface area contributed by atoms with Gasteiger partial charge < -0.3 is 15.0 Å². The summed E-state index contributed by atoms with van der Waals surface area (Å²) in [5.74, 6) is -0.644. The first-order chi connectivity index (χ1) is 12.7. The van der Waals surface area contributed by atoms with Gasteiger partial charge in [0.2, 0.25) is 0 Å². The summed E-state index contributed by atoms with van der Waals surface area (Å²) in [7, 11) is 0. The van der Waals surface area contributed by atoms with Crippen LogP contribution in [0.25, 0.3) is 0 Å². The van der Waals surface area contributed by atoms with Gasteiger partial charge in [-0.05, 0) is 62.6 Å². The average molecular weight is 353 g/mol. The average Bonchev–Trinajstić information content (AvgIpc) is 2.69. The summed E-state index contributed by atoms with van der Waals surface area (Å²) in [6.07, 6.45) is 5.28. The first kappa shape index (κ1) is 17.9. The topological polar surface area (TPSA) is 71.5 Å². The number of benzene rings is 1. The number of amides is 1. The molecule has 0 spiro atoms. The first-order valence-corrected chi connectivity index (χ1v) is 8.97. The zero-order valence-electron chi connectivity index (χ0n) is 14.9. The lowest BCUT2D eigenvalue weighted by Crippen LogP contribution is -2.29. The molecule has 0 unspecified atom stereocenters. The van der Waals surface area contributed by atoms with Crippen LogP contribution < -0.4 is 10.2 Å². The van der Waals surface area contributed by atoms with E-state index < -0.39 is 0 Å². The van der Waals surface area contributed by atoms with Crippen LogP contribution in [0.3, 0.4) is 0 Å². The minimum Gasteiger partial charge on any atom is -0.462 e. The number of carbonyl (C=O) groups is 2.